The first-order chi connectivity index (χ1) is 8.72. The standard InChI is InChI=1S/C13H18Br2N2O/c1-2-4-16-7-9-3-5-18-13(9)12-11(15)6-10(14)8-17-12/h6,8-9,13,16H,2-5,7H2,1H3. The first kappa shape index (κ1) is 14.4. The van der Waals surface area contributed by atoms with E-state index in [0.717, 1.165) is 40.8 Å². The fourth-order valence-electron chi connectivity index (χ4n) is 2.24. The molecule has 0 spiro atoms. The largest absolute Gasteiger partial charge is 0.372 e. The van der Waals surface area contributed by atoms with E-state index in [2.05, 4.69) is 49.1 Å². The lowest BCUT2D eigenvalue weighted by molar-refractivity contribution is 0.0865. The molecule has 3 nitrogen and oxygen atoms in total. The lowest BCUT2D eigenvalue weighted by Crippen LogP contribution is -2.26. The second kappa shape index (κ2) is 6.98. The van der Waals surface area contributed by atoms with Crippen molar-refractivity contribution in [1.29, 1.82) is 0 Å². The summed E-state index contributed by atoms with van der Waals surface area (Å²) in [7, 11) is 0. The molecule has 0 saturated carbocycles. The van der Waals surface area contributed by atoms with Crippen molar-refractivity contribution in [3.63, 3.8) is 0 Å². The van der Waals surface area contributed by atoms with Gasteiger partial charge >= 0.3 is 0 Å². The quantitative estimate of drug-likeness (QED) is 0.794. The van der Waals surface area contributed by atoms with Gasteiger partial charge in [0.2, 0.25) is 0 Å². The summed E-state index contributed by atoms with van der Waals surface area (Å²) in [6.07, 6.45) is 4.21. The molecular formula is C13H18Br2N2O. The highest BCUT2D eigenvalue weighted by atomic mass is 79.9. The lowest BCUT2D eigenvalue weighted by Gasteiger charge is -2.19. The fraction of sp³-hybridized carbons (Fsp3) is 0.615. The van der Waals surface area contributed by atoms with E-state index in [4.69, 9.17) is 4.74 Å². The summed E-state index contributed by atoms with van der Waals surface area (Å²) in [6, 6.07) is 2.03. The van der Waals surface area contributed by atoms with Gasteiger partial charge in [-0.2, -0.15) is 0 Å². The average molecular weight is 378 g/mol. The molecule has 0 aromatic carbocycles. The second-order valence-electron chi connectivity index (χ2n) is 4.56. The van der Waals surface area contributed by atoms with Crippen molar-refractivity contribution in [3.8, 4) is 0 Å². The van der Waals surface area contributed by atoms with E-state index >= 15 is 0 Å². The van der Waals surface area contributed by atoms with Crippen LogP contribution in [0.5, 0.6) is 0 Å². The van der Waals surface area contributed by atoms with E-state index in [0.29, 0.717) is 5.92 Å². The summed E-state index contributed by atoms with van der Waals surface area (Å²) in [5.41, 5.74) is 1.01. The van der Waals surface area contributed by atoms with E-state index in [1.54, 1.807) is 0 Å². The number of nitrogens with one attached hydrogen (secondary N) is 1. The SMILES string of the molecule is CCCNCC1CCOC1c1ncc(Br)cc1Br. The maximum atomic E-state index is 5.86. The molecule has 0 bridgehead atoms. The van der Waals surface area contributed by atoms with Gasteiger partial charge in [-0.1, -0.05) is 6.92 Å². The van der Waals surface area contributed by atoms with Crippen LogP contribution in [-0.2, 0) is 4.74 Å². The maximum absolute atomic E-state index is 5.86. The summed E-state index contributed by atoms with van der Waals surface area (Å²) in [5.74, 6) is 0.515. The van der Waals surface area contributed by atoms with Crippen molar-refractivity contribution in [3.05, 3.63) is 26.9 Å². The van der Waals surface area contributed by atoms with Crippen molar-refractivity contribution in [2.24, 2.45) is 5.92 Å². The summed E-state index contributed by atoms with van der Waals surface area (Å²) in [6.45, 7) is 5.08. The van der Waals surface area contributed by atoms with Crippen molar-refractivity contribution >= 4 is 31.9 Å². The Morgan fingerprint density at radius 2 is 2.33 bits per heavy atom. The third kappa shape index (κ3) is 3.53. The van der Waals surface area contributed by atoms with Crippen molar-refractivity contribution in [1.82, 2.24) is 10.3 Å². The third-order valence-corrected chi connectivity index (χ3v) is 4.22. The molecule has 0 radical (unpaired) electrons. The first-order valence-corrected chi connectivity index (χ1v) is 7.94. The minimum absolute atomic E-state index is 0.108. The minimum Gasteiger partial charge on any atom is -0.372 e. The van der Waals surface area contributed by atoms with Crippen LogP contribution in [0.25, 0.3) is 0 Å². The highest BCUT2D eigenvalue weighted by Crippen LogP contribution is 2.37. The monoisotopic (exact) mass is 376 g/mol. The summed E-state index contributed by atoms with van der Waals surface area (Å²) in [5, 5.41) is 3.48. The smallest absolute Gasteiger partial charge is 0.105 e. The highest BCUT2D eigenvalue weighted by molar-refractivity contribution is 9.11. The molecule has 18 heavy (non-hydrogen) atoms. The average Bonchev–Trinajstić information content (AvgIpc) is 2.78. The van der Waals surface area contributed by atoms with Crippen LogP contribution < -0.4 is 5.32 Å². The van der Waals surface area contributed by atoms with Gasteiger partial charge in [0, 0.05) is 34.2 Å². The molecule has 1 aliphatic rings. The Labute approximate surface area is 125 Å². The molecule has 5 heteroatoms. The molecule has 0 aliphatic carbocycles. The van der Waals surface area contributed by atoms with Crippen LogP contribution >= 0.6 is 31.9 Å². The second-order valence-corrected chi connectivity index (χ2v) is 6.33. The Morgan fingerprint density at radius 3 is 3.06 bits per heavy atom. The zero-order chi connectivity index (χ0) is 13.0. The van der Waals surface area contributed by atoms with Gasteiger partial charge in [-0.25, -0.2) is 0 Å². The van der Waals surface area contributed by atoms with Gasteiger partial charge in [-0.15, -0.1) is 0 Å². The summed E-state index contributed by atoms with van der Waals surface area (Å²) in [4.78, 5) is 4.49. The molecule has 1 saturated heterocycles. The molecule has 1 fully saturated rings. The van der Waals surface area contributed by atoms with E-state index in [-0.39, 0.29) is 6.10 Å². The number of aromatic nitrogens is 1. The highest BCUT2D eigenvalue weighted by Gasteiger charge is 2.31. The molecule has 2 rings (SSSR count). The van der Waals surface area contributed by atoms with Gasteiger partial charge in [0.1, 0.15) is 6.10 Å². The van der Waals surface area contributed by atoms with Gasteiger partial charge < -0.3 is 10.1 Å². The number of hydrogen-bond donors (Lipinski definition) is 1. The Morgan fingerprint density at radius 1 is 1.50 bits per heavy atom. The lowest BCUT2D eigenvalue weighted by atomic mass is 9.98. The van der Waals surface area contributed by atoms with Crippen LogP contribution in [-0.4, -0.2) is 24.7 Å². The molecule has 1 aromatic rings. The summed E-state index contributed by atoms with van der Waals surface area (Å²) >= 11 is 7.00. The molecule has 2 unspecified atom stereocenters. The Kier molecular flexibility index (Phi) is 5.60. The topological polar surface area (TPSA) is 34.1 Å². The number of pyridine rings is 1. The third-order valence-electron chi connectivity index (χ3n) is 3.15. The van der Waals surface area contributed by atoms with Crippen molar-refractivity contribution in [2.75, 3.05) is 19.7 Å². The minimum atomic E-state index is 0.108. The number of nitrogens with zero attached hydrogens (tertiary/aromatic N) is 1. The van der Waals surface area contributed by atoms with Crippen LogP contribution in [0.1, 0.15) is 31.6 Å². The molecule has 1 aliphatic heterocycles. The van der Waals surface area contributed by atoms with Crippen molar-refractivity contribution < 1.29 is 4.74 Å². The van der Waals surface area contributed by atoms with Crippen LogP contribution in [0, 0.1) is 5.92 Å². The molecule has 0 amide bonds. The van der Waals surface area contributed by atoms with E-state index < -0.39 is 0 Å². The Bertz CT molecular complexity index is 401. The molecule has 100 valence electrons. The first-order valence-electron chi connectivity index (χ1n) is 6.35. The van der Waals surface area contributed by atoms with Gasteiger partial charge in [-0.05, 0) is 57.3 Å². The zero-order valence-corrected chi connectivity index (χ0v) is 13.6. The number of ether oxygens (including phenoxy) is 1. The van der Waals surface area contributed by atoms with Crippen LogP contribution in [0.2, 0.25) is 0 Å². The normalized spacial score (nSPS) is 23.5. The van der Waals surface area contributed by atoms with Gasteiger partial charge in [0.05, 0.1) is 5.69 Å². The number of rotatable bonds is 5. The predicted molar refractivity (Wildman–Crippen MR) is 79.6 cm³/mol. The predicted octanol–water partition coefficient (Wildman–Crippen LogP) is 3.68. The number of hydrogen-bond acceptors (Lipinski definition) is 3. The molecular weight excluding hydrogens is 360 g/mol. The molecule has 1 N–H and O–H groups in total. The van der Waals surface area contributed by atoms with E-state index in [1.807, 2.05) is 12.3 Å². The van der Waals surface area contributed by atoms with E-state index in [1.165, 1.54) is 6.42 Å². The van der Waals surface area contributed by atoms with Gasteiger partial charge in [0.25, 0.3) is 0 Å². The zero-order valence-electron chi connectivity index (χ0n) is 10.5. The molecule has 2 heterocycles. The number of halogens is 2. The summed E-state index contributed by atoms with van der Waals surface area (Å²) < 4.78 is 7.86. The van der Waals surface area contributed by atoms with Crippen molar-refractivity contribution in [2.45, 2.75) is 25.9 Å². The van der Waals surface area contributed by atoms with Crippen LogP contribution in [0.15, 0.2) is 21.2 Å². The fourth-order valence-corrected chi connectivity index (χ4v) is 3.46. The van der Waals surface area contributed by atoms with E-state index in [9.17, 15) is 0 Å². The van der Waals surface area contributed by atoms with Gasteiger partial charge in [0.15, 0.2) is 0 Å². The maximum Gasteiger partial charge on any atom is 0.105 e. The van der Waals surface area contributed by atoms with Crippen LogP contribution in [0.3, 0.4) is 0 Å². The Balaban J connectivity index is 2.06. The molecule has 1 aromatic heterocycles. The van der Waals surface area contributed by atoms with Gasteiger partial charge in [-0.3, -0.25) is 4.98 Å². The molecule has 2 atom stereocenters. The van der Waals surface area contributed by atoms with Crippen LogP contribution in [0.4, 0.5) is 0 Å². The Hall–Kier alpha value is 0.0300.